The molecule has 0 saturated heterocycles. The Labute approximate surface area is 209 Å². The number of aromatic nitrogens is 1. The van der Waals surface area contributed by atoms with E-state index in [4.69, 9.17) is 21.7 Å². The molecule has 7 heteroatoms. The van der Waals surface area contributed by atoms with Crippen LogP contribution in [0.2, 0.25) is 0 Å². The fraction of sp³-hybridized carbons (Fsp3) is 0.214. The first-order chi connectivity index (χ1) is 16.9. The molecular formula is C28H27N3O3S. The van der Waals surface area contributed by atoms with E-state index in [0.717, 1.165) is 28.6 Å². The maximum absolute atomic E-state index is 13.0. The molecule has 0 bridgehead atoms. The normalized spacial score (nSPS) is 12.1. The minimum Gasteiger partial charge on any atom is -0.454 e. The fourth-order valence-corrected chi connectivity index (χ4v) is 4.55. The van der Waals surface area contributed by atoms with E-state index < -0.39 is 0 Å². The Kier molecular flexibility index (Phi) is 6.42. The molecule has 3 aromatic carbocycles. The molecule has 6 nitrogen and oxygen atoms in total. The summed E-state index contributed by atoms with van der Waals surface area (Å²) in [5.74, 6) is 1.33. The lowest BCUT2D eigenvalue weighted by molar-refractivity contribution is 0.174. The first kappa shape index (κ1) is 22.9. The molecule has 0 saturated carbocycles. The number of nitrogens with zero attached hydrogens (tertiary/aromatic N) is 1. The standard InChI is InChI=1S/C28H27N3O3S/c1-18-5-3-7-20(11-18)9-10-31(28(35)29-23-8-4-6-19(2)12-23)16-22-13-21-14-25-26(34-17-33-25)15-24(21)30-27(22)32/h3-8,11-15H,9-10,16-17H2,1-2H3,(H,29,35)(H,30,32). The van der Waals surface area contributed by atoms with Crippen LogP contribution in [-0.2, 0) is 13.0 Å². The number of nitrogens with one attached hydrogen (secondary N) is 2. The number of anilines is 1. The van der Waals surface area contributed by atoms with Gasteiger partial charge in [0.1, 0.15) is 0 Å². The lowest BCUT2D eigenvalue weighted by Crippen LogP contribution is -2.37. The van der Waals surface area contributed by atoms with Crippen molar-refractivity contribution in [3.05, 3.63) is 99.3 Å². The summed E-state index contributed by atoms with van der Waals surface area (Å²) in [5, 5.41) is 4.82. The average Bonchev–Trinajstić information content (AvgIpc) is 3.28. The lowest BCUT2D eigenvalue weighted by Gasteiger charge is -2.26. The van der Waals surface area contributed by atoms with Crippen molar-refractivity contribution in [1.29, 1.82) is 0 Å². The van der Waals surface area contributed by atoms with Crippen molar-refractivity contribution in [2.45, 2.75) is 26.8 Å². The van der Waals surface area contributed by atoms with E-state index in [2.05, 4.69) is 47.6 Å². The van der Waals surface area contributed by atoms with Gasteiger partial charge in [0.15, 0.2) is 16.6 Å². The summed E-state index contributed by atoms with van der Waals surface area (Å²) in [7, 11) is 0. The number of hydrogen-bond acceptors (Lipinski definition) is 4. The van der Waals surface area contributed by atoms with Crippen molar-refractivity contribution in [2.75, 3.05) is 18.7 Å². The summed E-state index contributed by atoms with van der Waals surface area (Å²) in [6, 6.07) is 22.2. The van der Waals surface area contributed by atoms with Crippen molar-refractivity contribution in [3.63, 3.8) is 0 Å². The molecule has 0 fully saturated rings. The predicted octanol–water partition coefficient (Wildman–Crippen LogP) is 5.32. The summed E-state index contributed by atoms with van der Waals surface area (Å²) in [4.78, 5) is 18.0. The van der Waals surface area contributed by atoms with E-state index in [1.54, 1.807) is 0 Å². The van der Waals surface area contributed by atoms with Crippen molar-refractivity contribution >= 4 is 33.9 Å². The first-order valence-electron chi connectivity index (χ1n) is 11.6. The Hall–Kier alpha value is -3.84. The number of rotatable bonds is 6. The first-order valence-corrected chi connectivity index (χ1v) is 12.0. The SMILES string of the molecule is Cc1cccc(CCN(Cc2cc3cc4c(cc3[nH]c2=O)OCO4)C(=S)Nc2cccc(C)c2)c1. The molecule has 5 rings (SSSR count). The third kappa shape index (κ3) is 5.30. The van der Waals surface area contributed by atoms with E-state index in [9.17, 15) is 4.79 Å². The van der Waals surface area contributed by atoms with Crippen LogP contribution in [0.3, 0.4) is 0 Å². The highest BCUT2D eigenvalue weighted by molar-refractivity contribution is 7.80. The summed E-state index contributed by atoms with van der Waals surface area (Å²) in [5.41, 5.74) is 5.73. The van der Waals surface area contributed by atoms with Crippen molar-refractivity contribution in [1.82, 2.24) is 9.88 Å². The van der Waals surface area contributed by atoms with Gasteiger partial charge in [0.25, 0.3) is 5.56 Å². The molecular weight excluding hydrogens is 458 g/mol. The summed E-state index contributed by atoms with van der Waals surface area (Å²) < 4.78 is 11.0. The Morgan fingerprint density at radius 1 is 1.00 bits per heavy atom. The molecule has 1 aliphatic heterocycles. The molecule has 0 atom stereocenters. The minimum atomic E-state index is -0.143. The monoisotopic (exact) mass is 485 g/mol. The molecule has 0 unspecified atom stereocenters. The van der Waals surface area contributed by atoms with Crippen molar-refractivity contribution in [3.8, 4) is 11.5 Å². The van der Waals surface area contributed by atoms with Crippen LogP contribution < -0.4 is 20.3 Å². The van der Waals surface area contributed by atoms with Crippen LogP contribution in [0.15, 0.2) is 71.5 Å². The number of hydrogen-bond donors (Lipinski definition) is 2. The Balaban J connectivity index is 1.42. The highest BCUT2D eigenvalue weighted by atomic mass is 32.1. The van der Waals surface area contributed by atoms with Crippen molar-refractivity contribution in [2.24, 2.45) is 0 Å². The largest absolute Gasteiger partial charge is 0.454 e. The molecule has 0 aliphatic carbocycles. The Bertz CT molecular complexity index is 1460. The number of aryl methyl sites for hydroxylation is 2. The number of fused-ring (bicyclic) bond motifs is 2. The molecule has 1 aliphatic rings. The molecule has 178 valence electrons. The fourth-order valence-electron chi connectivity index (χ4n) is 4.27. The number of pyridine rings is 1. The minimum absolute atomic E-state index is 0.143. The third-order valence-corrected chi connectivity index (χ3v) is 6.45. The van der Waals surface area contributed by atoms with Gasteiger partial charge in [0.05, 0.1) is 12.1 Å². The van der Waals surface area contributed by atoms with Gasteiger partial charge >= 0.3 is 0 Å². The zero-order chi connectivity index (χ0) is 24.4. The van der Waals surface area contributed by atoms with Crippen LogP contribution >= 0.6 is 12.2 Å². The molecule has 4 aromatic rings. The average molecular weight is 486 g/mol. The lowest BCUT2D eigenvalue weighted by atomic mass is 10.1. The van der Waals surface area contributed by atoms with Gasteiger partial charge in [-0.05, 0) is 67.9 Å². The zero-order valence-electron chi connectivity index (χ0n) is 19.8. The van der Waals surface area contributed by atoms with Crippen LogP contribution in [0, 0.1) is 13.8 Å². The van der Waals surface area contributed by atoms with Gasteiger partial charge in [-0.1, -0.05) is 42.0 Å². The van der Waals surface area contributed by atoms with E-state index in [1.807, 2.05) is 48.2 Å². The number of benzene rings is 3. The number of aromatic amines is 1. The van der Waals surface area contributed by atoms with Gasteiger partial charge in [0.2, 0.25) is 6.79 Å². The van der Waals surface area contributed by atoms with E-state index >= 15 is 0 Å². The molecule has 2 heterocycles. The maximum atomic E-state index is 13.0. The topological polar surface area (TPSA) is 66.6 Å². The second kappa shape index (κ2) is 9.80. The van der Waals surface area contributed by atoms with Gasteiger partial charge in [-0.25, -0.2) is 0 Å². The predicted molar refractivity (Wildman–Crippen MR) is 143 cm³/mol. The Morgan fingerprint density at radius 2 is 1.74 bits per heavy atom. The van der Waals surface area contributed by atoms with Crippen LogP contribution in [0.4, 0.5) is 5.69 Å². The quantitative estimate of drug-likeness (QED) is 0.361. The molecule has 2 N–H and O–H groups in total. The molecule has 0 radical (unpaired) electrons. The third-order valence-electron chi connectivity index (χ3n) is 6.08. The molecule has 0 spiro atoms. The second-order valence-electron chi connectivity index (χ2n) is 8.88. The van der Waals surface area contributed by atoms with Gasteiger partial charge in [-0.15, -0.1) is 0 Å². The highest BCUT2D eigenvalue weighted by Gasteiger charge is 2.18. The van der Waals surface area contributed by atoms with Crippen LogP contribution in [-0.4, -0.2) is 28.3 Å². The summed E-state index contributed by atoms with van der Waals surface area (Å²) in [6.07, 6.45) is 0.807. The zero-order valence-corrected chi connectivity index (χ0v) is 20.6. The van der Waals surface area contributed by atoms with Gasteiger partial charge in [-0.2, -0.15) is 0 Å². The van der Waals surface area contributed by atoms with Gasteiger partial charge in [-0.3, -0.25) is 4.79 Å². The molecule has 1 aromatic heterocycles. The summed E-state index contributed by atoms with van der Waals surface area (Å²) in [6.45, 7) is 5.37. The van der Waals surface area contributed by atoms with E-state index in [-0.39, 0.29) is 12.4 Å². The van der Waals surface area contributed by atoms with Gasteiger partial charge in [0, 0.05) is 29.2 Å². The van der Waals surface area contributed by atoms with Crippen molar-refractivity contribution < 1.29 is 9.47 Å². The smallest absolute Gasteiger partial charge is 0.253 e. The van der Waals surface area contributed by atoms with Crippen LogP contribution in [0.1, 0.15) is 22.3 Å². The van der Waals surface area contributed by atoms with Gasteiger partial charge < -0.3 is 24.7 Å². The second-order valence-corrected chi connectivity index (χ2v) is 9.26. The Morgan fingerprint density at radius 3 is 2.51 bits per heavy atom. The molecule has 35 heavy (non-hydrogen) atoms. The molecule has 0 amide bonds. The van der Waals surface area contributed by atoms with E-state index in [1.165, 1.54) is 11.1 Å². The highest BCUT2D eigenvalue weighted by Crippen LogP contribution is 2.35. The van der Waals surface area contributed by atoms with Crippen LogP contribution in [0.5, 0.6) is 11.5 Å². The maximum Gasteiger partial charge on any atom is 0.253 e. The number of H-pyrrole nitrogens is 1. The number of thiocarbonyl (C=S) groups is 1. The van der Waals surface area contributed by atoms with E-state index in [0.29, 0.717) is 35.3 Å². The summed E-state index contributed by atoms with van der Waals surface area (Å²) >= 11 is 5.81. The number of ether oxygens (including phenoxy) is 2. The van der Waals surface area contributed by atoms with Crippen LogP contribution in [0.25, 0.3) is 10.9 Å².